The molecule has 3 atom stereocenters. The van der Waals surface area contributed by atoms with Crippen LogP contribution in [0.15, 0.2) is 60.7 Å². The number of carbonyl (C=O) groups excluding carboxylic acids is 5. The van der Waals surface area contributed by atoms with Crippen LogP contribution < -0.4 is 21.7 Å². The molecular formula is C26H30N4O9. The van der Waals surface area contributed by atoms with E-state index < -0.39 is 66.9 Å². The number of carbonyl (C=O) groups is 6. The molecule has 13 nitrogen and oxygen atoms in total. The molecule has 2 aromatic carbocycles. The summed E-state index contributed by atoms with van der Waals surface area (Å²) in [7, 11) is 0. The van der Waals surface area contributed by atoms with Crippen LogP contribution in [0.2, 0.25) is 0 Å². The molecule has 2 aromatic rings. The molecule has 0 aliphatic rings. The Bertz CT molecular complexity index is 1160. The van der Waals surface area contributed by atoms with Gasteiger partial charge in [0, 0.05) is 0 Å². The summed E-state index contributed by atoms with van der Waals surface area (Å²) in [5.74, 6) is -4.68. The molecule has 0 radical (unpaired) electrons. The largest absolute Gasteiger partial charge is 0.480 e. The smallest absolute Gasteiger partial charge is 0.408 e. The molecule has 39 heavy (non-hydrogen) atoms. The van der Waals surface area contributed by atoms with E-state index >= 15 is 0 Å². The van der Waals surface area contributed by atoms with Gasteiger partial charge in [-0.05, 0) is 18.1 Å². The lowest BCUT2D eigenvalue weighted by Gasteiger charge is -2.22. The number of hydrogen-bond acceptors (Lipinski definition) is 8. The molecule has 0 spiro atoms. The fraction of sp³-hybridized carbons (Fsp3) is 0.308. The van der Waals surface area contributed by atoms with Gasteiger partial charge in [-0.3, -0.25) is 24.0 Å². The second-order valence-corrected chi connectivity index (χ2v) is 8.36. The first kappa shape index (κ1) is 30.3. The lowest BCUT2D eigenvalue weighted by molar-refractivity contribution is -0.147. The number of hydrogen-bond donors (Lipinski definition) is 5. The fourth-order valence-electron chi connectivity index (χ4n) is 3.24. The number of carboxylic acid groups (broad SMARTS) is 1. The highest BCUT2D eigenvalue weighted by atomic mass is 16.6. The second kappa shape index (κ2) is 15.3. The number of amides is 4. The van der Waals surface area contributed by atoms with Gasteiger partial charge in [0.05, 0.1) is 12.8 Å². The van der Waals surface area contributed by atoms with Gasteiger partial charge < -0.3 is 36.3 Å². The van der Waals surface area contributed by atoms with Crippen molar-refractivity contribution in [1.29, 1.82) is 0 Å². The molecule has 3 unspecified atom stereocenters. The van der Waals surface area contributed by atoms with Crippen molar-refractivity contribution in [3.05, 3.63) is 71.8 Å². The Morgan fingerprint density at radius 3 is 2.08 bits per heavy atom. The fourth-order valence-corrected chi connectivity index (χ4v) is 3.24. The van der Waals surface area contributed by atoms with Crippen molar-refractivity contribution in [3.8, 4) is 0 Å². The quantitative estimate of drug-likeness (QED) is 0.211. The van der Waals surface area contributed by atoms with Crippen LogP contribution in [0.1, 0.15) is 37.0 Å². The van der Waals surface area contributed by atoms with E-state index in [-0.39, 0.29) is 13.0 Å². The van der Waals surface area contributed by atoms with Gasteiger partial charge in [0.25, 0.3) is 0 Å². The molecule has 2 rings (SSSR count). The average Bonchev–Trinajstić information content (AvgIpc) is 2.90. The normalized spacial score (nSPS) is 12.6. The third-order valence-electron chi connectivity index (χ3n) is 5.20. The van der Waals surface area contributed by atoms with Crippen molar-refractivity contribution in [2.45, 2.75) is 44.6 Å². The van der Waals surface area contributed by atoms with Gasteiger partial charge in [0.15, 0.2) is 0 Å². The molecule has 0 heterocycles. The van der Waals surface area contributed by atoms with Gasteiger partial charge in [-0.1, -0.05) is 60.7 Å². The lowest BCUT2D eigenvalue weighted by atomic mass is 10.1. The van der Waals surface area contributed by atoms with E-state index in [1.54, 1.807) is 60.7 Å². The van der Waals surface area contributed by atoms with Crippen LogP contribution in [0.25, 0.3) is 0 Å². The summed E-state index contributed by atoms with van der Waals surface area (Å²) in [6.45, 7) is 0.474. The first-order valence-electron chi connectivity index (χ1n) is 11.8. The zero-order chi connectivity index (χ0) is 28.8. The highest BCUT2D eigenvalue weighted by Crippen LogP contribution is 2.21. The maximum Gasteiger partial charge on any atom is 0.408 e. The number of ether oxygens (including phenoxy) is 2. The Labute approximate surface area is 224 Å². The minimum Gasteiger partial charge on any atom is -0.480 e. The number of aliphatic carboxylic acids is 1. The van der Waals surface area contributed by atoms with E-state index in [4.69, 9.17) is 20.3 Å². The van der Waals surface area contributed by atoms with E-state index in [0.717, 1.165) is 0 Å². The lowest BCUT2D eigenvalue weighted by Crippen LogP contribution is -2.54. The Morgan fingerprint density at radius 2 is 1.49 bits per heavy atom. The monoisotopic (exact) mass is 542 g/mol. The van der Waals surface area contributed by atoms with Gasteiger partial charge in [-0.2, -0.15) is 0 Å². The Balaban J connectivity index is 2.00. The zero-order valence-corrected chi connectivity index (χ0v) is 21.1. The molecular weight excluding hydrogens is 512 g/mol. The van der Waals surface area contributed by atoms with Crippen molar-refractivity contribution < 1.29 is 43.3 Å². The van der Waals surface area contributed by atoms with Crippen molar-refractivity contribution in [2.24, 2.45) is 5.73 Å². The average molecular weight is 543 g/mol. The van der Waals surface area contributed by atoms with E-state index in [0.29, 0.717) is 11.1 Å². The summed E-state index contributed by atoms with van der Waals surface area (Å²) in [4.78, 5) is 72.2. The predicted octanol–water partition coefficient (Wildman–Crippen LogP) is 0.537. The Morgan fingerprint density at radius 1 is 0.872 bits per heavy atom. The number of primary amides is 1. The van der Waals surface area contributed by atoms with Gasteiger partial charge in [-0.25, -0.2) is 4.79 Å². The second-order valence-electron chi connectivity index (χ2n) is 8.36. The number of nitrogens with one attached hydrogen (secondary N) is 3. The molecule has 4 amide bonds. The van der Waals surface area contributed by atoms with Gasteiger partial charge in [0.2, 0.25) is 17.7 Å². The van der Waals surface area contributed by atoms with Crippen LogP contribution in [0.4, 0.5) is 4.79 Å². The zero-order valence-electron chi connectivity index (χ0n) is 21.1. The van der Waals surface area contributed by atoms with Gasteiger partial charge >= 0.3 is 18.0 Å². The molecule has 0 aliphatic heterocycles. The van der Waals surface area contributed by atoms with E-state index in [9.17, 15) is 28.8 Å². The molecule has 13 heteroatoms. The minimum atomic E-state index is -1.49. The first-order valence-corrected chi connectivity index (χ1v) is 11.8. The number of benzene rings is 2. The number of carboxylic acids is 1. The van der Waals surface area contributed by atoms with Crippen LogP contribution in [-0.2, 0) is 40.1 Å². The van der Waals surface area contributed by atoms with Crippen molar-refractivity contribution >= 4 is 35.8 Å². The molecule has 0 saturated carbocycles. The van der Waals surface area contributed by atoms with Crippen LogP contribution in [0.3, 0.4) is 0 Å². The predicted molar refractivity (Wildman–Crippen MR) is 136 cm³/mol. The molecule has 0 bridgehead atoms. The highest BCUT2D eigenvalue weighted by Gasteiger charge is 2.28. The van der Waals surface area contributed by atoms with Crippen molar-refractivity contribution in [2.75, 3.05) is 6.54 Å². The first-order chi connectivity index (χ1) is 18.5. The molecule has 0 saturated heterocycles. The van der Waals surface area contributed by atoms with Crippen LogP contribution in [0, 0.1) is 0 Å². The summed E-state index contributed by atoms with van der Waals surface area (Å²) < 4.78 is 10.4. The van der Waals surface area contributed by atoms with E-state index in [1.807, 2.05) is 0 Å². The van der Waals surface area contributed by atoms with E-state index in [2.05, 4.69) is 16.0 Å². The third kappa shape index (κ3) is 11.3. The number of esters is 1. The summed E-state index contributed by atoms with van der Waals surface area (Å²) in [6.07, 6.45) is -2.94. The summed E-state index contributed by atoms with van der Waals surface area (Å²) in [6, 6.07) is 14.4. The maximum atomic E-state index is 12.7. The Kier molecular flexibility index (Phi) is 11.9. The van der Waals surface area contributed by atoms with Crippen LogP contribution >= 0.6 is 0 Å². The summed E-state index contributed by atoms with van der Waals surface area (Å²) in [5, 5.41) is 15.5. The topological polar surface area (TPSA) is 203 Å². The molecule has 0 aromatic heterocycles. The van der Waals surface area contributed by atoms with Crippen molar-refractivity contribution in [3.63, 3.8) is 0 Å². The molecule has 6 N–H and O–H groups in total. The highest BCUT2D eigenvalue weighted by molar-refractivity contribution is 5.94. The maximum absolute atomic E-state index is 12.7. The number of rotatable bonds is 14. The molecule has 208 valence electrons. The molecule has 0 fully saturated rings. The summed E-state index contributed by atoms with van der Waals surface area (Å²) >= 11 is 0. The van der Waals surface area contributed by atoms with Crippen molar-refractivity contribution in [1.82, 2.24) is 16.0 Å². The third-order valence-corrected chi connectivity index (χ3v) is 5.20. The van der Waals surface area contributed by atoms with Crippen LogP contribution in [-0.4, -0.2) is 59.5 Å². The standard InChI is InChI=1S/C26H30N4O9/c1-16(29-26(37)39-20(13-21(27)31)18-10-6-3-7-11-18)24(35)30-19(25(36)28-14-22(32)33)12-23(34)38-15-17-8-4-2-5-9-17/h2-11,16,19-20H,12-15H2,1H3,(H2,27,31)(H,28,36)(H,29,37)(H,30,35)(H,32,33). The number of alkyl carbamates (subject to hydrolysis) is 1. The van der Waals surface area contributed by atoms with Gasteiger partial charge in [0.1, 0.15) is 31.3 Å². The number of nitrogens with two attached hydrogens (primary N) is 1. The van der Waals surface area contributed by atoms with Gasteiger partial charge in [-0.15, -0.1) is 0 Å². The molecule has 0 aliphatic carbocycles. The van der Waals surface area contributed by atoms with Crippen LogP contribution in [0.5, 0.6) is 0 Å². The summed E-state index contributed by atoms with van der Waals surface area (Å²) in [5.41, 5.74) is 6.45. The minimum absolute atomic E-state index is 0.0746. The Hall–Kier alpha value is -4.94. The van der Waals surface area contributed by atoms with E-state index in [1.165, 1.54) is 6.92 Å². The SMILES string of the molecule is CC(NC(=O)OC(CC(N)=O)c1ccccc1)C(=O)NC(CC(=O)OCc1ccccc1)C(=O)NCC(=O)O.